The number of rotatable bonds is 9. The molecule has 0 saturated carbocycles. The zero-order valence-corrected chi connectivity index (χ0v) is 11.4. The van der Waals surface area contributed by atoms with Gasteiger partial charge in [-0.15, -0.1) is 0 Å². The van der Waals surface area contributed by atoms with Crippen LogP contribution in [0.4, 0.5) is 5.69 Å². The number of aliphatic carboxylic acids is 1. The summed E-state index contributed by atoms with van der Waals surface area (Å²) in [5.41, 5.74) is -0.0677. The number of nitro groups is 1. The third-order valence-electron chi connectivity index (χ3n) is 2.46. The number of ketones is 1. The number of Topliss-reactive ketones (excluding diaryl/α,β-unsaturated/α-hetero) is 1. The molecule has 0 radical (unpaired) electrons. The number of carboxylic acid groups (broad SMARTS) is 1. The molecule has 0 bridgehead atoms. The molecular formula is C13H13NO8. The molecule has 0 aromatic heterocycles. The second-order valence-corrected chi connectivity index (χ2v) is 4.05. The second-order valence-electron chi connectivity index (χ2n) is 4.05. The summed E-state index contributed by atoms with van der Waals surface area (Å²) in [6.45, 7) is -0.0620. The van der Waals surface area contributed by atoms with Gasteiger partial charge < -0.3 is 14.6 Å². The molecule has 0 aliphatic rings. The Morgan fingerprint density at radius 3 is 2.27 bits per heavy atom. The first-order valence-electron chi connectivity index (χ1n) is 6.19. The lowest BCUT2D eigenvalue weighted by atomic mass is 10.2. The van der Waals surface area contributed by atoms with Crippen molar-refractivity contribution in [3.63, 3.8) is 0 Å². The lowest BCUT2D eigenvalue weighted by Crippen LogP contribution is -2.16. The van der Waals surface area contributed by atoms with Crippen molar-refractivity contribution in [3.8, 4) is 5.75 Å². The molecule has 118 valence electrons. The fourth-order valence-corrected chi connectivity index (χ4v) is 1.37. The smallest absolute Gasteiger partial charge is 0.372 e. The number of non-ortho nitro benzene ring substituents is 1. The number of ether oxygens (including phenoxy) is 2. The second kappa shape index (κ2) is 8.35. The van der Waals surface area contributed by atoms with E-state index in [1.165, 1.54) is 24.3 Å². The van der Waals surface area contributed by atoms with E-state index in [2.05, 4.69) is 0 Å². The predicted octanol–water partition coefficient (Wildman–Crippen LogP) is 0.951. The SMILES string of the molecule is O=C(CCC(=O)C(=O)O)OCCOc1ccc([N+](=O)[O-])cc1. The normalized spacial score (nSPS) is 9.82. The number of hydrogen-bond acceptors (Lipinski definition) is 7. The van der Waals surface area contributed by atoms with Crippen LogP contribution < -0.4 is 4.74 Å². The third-order valence-corrected chi connectivity index (χ3v) is 2.46. The molecule has 0 aliphatic carbocycles. The van der Waals surface area contributed by atoms with Crippen LogP contribution in [0.15, 0.2) is 24.3 Å². The highest BCUT2D eigenvalue weighted by atomic mass is 16.6. The molecule has 9 heteroatoms. The van der Waals surface area contributed by atoms with Crippen LogP contribution in [0.5, 0.6) is 5.75 Å². The van der Waals surface area contributed by atoms with E-state index >= 15 is 0 Å². The molecule has 1 aromatic carbocycles. The van der Waals surface area contributed by atoms with Gasteiger partial charge in [-0.1, -0.05) is 0 Å². The average Bonchev–Trinajstić information content (AvgIpc) is 2.49. The van der Waals surface area contributed by atoms with E-state index in [9.17, 15) is 24.5 Å². The molecule has 0 saturated heterocycles. The molecule has 0 heterocycles. The number of nitro benzene ring substituents is 1. The summed E-state index contributed by atoms with van der Waals surface area (Å²) in [4.78, 5) is 42.1. The van der Waals surface area contributed by atoms with Crippen LogP contribution >= 0.6 is 0 Å². The topological polar surface area (TPSA) is 133 Å². The molecular weight excluding hydrogens is 298 g/mol. The van der Waals surface area contributed by atoms with Gasteiger partial charge in [0.15, 0.2) is 0 Å². The Morgan fingerprint density at radius 1 is 1.09 bits per heavy atom. The number of hydrogen-bond donors (Lipinski definition) is 1. The molecule has 1 rings (SSSR count). The fraction of sp³-hybridized carbons (Fsp3) is 0.308. The van der Waals surface area contributed by atoms with E-state index in [-0.39, 0.29) is 25.3 Å². The number of carboxylic acids is 1. The van der Waals surface area contributed by atoms with Crippen LogP contribution in [0.1, 0.15) is 12.8 Å². The van der Waals surface area contributed by atoms with Gasteiger partial charge in [0.05, 0.1) is 11.3 Å². The Morgan fingerprint density at radius 2 is 1.73 bits per heavy atom. The van der Waals surface area contributed by atoms with Crippen molar-refractivity contribution in [2.75, 3.05) is 13.2 Å². The van der Waals surface area contributed by atoms with Crippen LogP contribution in [0.25, 0.3) is 0 Å². The number of nitrogens with zero attached hydrogens (tertiary/aromatic N) is 1. The van der Waals surface area contributed by atoms with Crippen LogP contribution in [-0.4, -0.2) is 41.0 Å². The summed E-state index contributed by atoms with van der Waals surface area (Å²) < 4.78 is 9.93. The maximum Gasteiger partial charge on any atom is 0.372 e. The van der Waals surface area contributed by atoms with Crippen LogP contribution in [0, 0.1) is 10.1 Å². The summed E-state index contributed by atoms with van der Waals surface area (Å²) in [5.74, 6) is -2.97. The molecule has 0 atom stereocenters. The van der Waals surface area contributed by atoms with Crippen molar-refractivity contribution >= 4 is 23.4 Å². The van der Waals surface area contributed by atoms with Gasteiger partial charge in [0.2, 0.25) is 5.78 Å². The van der Waals surface area contributed by atoms with Crippen LogP contribution in [0.3, 0.4) is 0 Å². The highest BCUT2D eigenvalue weighted by molar-refractivity contribution is 6.32. The van der Waals surface area contributed by atoms with Gasteiger partial charge in [0, 0.05) is 18.6 Å². The Hall–Kier alpha value is -2.97. The molecule has 0 amide bonds. The summed E-state index contributed by atoms with van der Waals surface area (Å²) in [6.07, 6.45) is -0.736. The Bertz CT molecular complexity index is 566. The lowest BCUT2D eigenvalue weighted by Gasteiger charge is -2.06. The number of benzene rings is 1. The van der Waals surface area contributed by atoms with E-state index in [4.69, 9.17) is 14.6 Å². The monoisotopic (exact) mass is 311 g/mol. The molecule has 1 aromatic rings. The van der Waals surface area contributed by atoms with Gasteiger partial charge >= 0.3 is 11.9 Å². The van der Waals surface area contributed by atoms with E-state index in [0.29, 0.717) is 5.75 Å². The fourth-order valence-electron chi connectivity index (χ4n) is 1.37. The third kappa shape index (κ3) is 5.99. The van der Waals surface area contributed by atoms with Crippen molar-refractivity contribution in [2.24, 2.45) is 0 Å². The van der Waals surface area contributed by atoms with Crippen molar-refractivity contribution in [1.29, 1.82) is 0 Å². The molecule has 1 N–H and O–H groups in total. The van der Waals surface area contributed by atoms with E-state index in [1.54, 1.807) is 0 Å². The van der Waals surface area contributed by atoms with Crippen LogP contribution in [0.2, 0.25) is 0 Å². The van der Waals surface area contributed by atoms with Crippen LogP contribution in [-0.2, 0) is 19.1 Å². The van der Waals surface area contributed by atoms with Crippen molar-refractivity contribution in [2.45, 2.75) is 12.8 Å². The van der Waals surface area contributed by atoms with Gasteiger partial charge in [-0.2, -0.15) is 0 Å². The Kier molecular flexibility index (Phi) is 6.48. The average molecular weight is 311 g/mol. The van der Waals surface area contributed by atoms with Gasteiger partial charge in [0.1, 0.15) is 19.0 Å². The summed E-state index contributed by atoms with van der Waals surface area (Å²) >= 11 is 0. The molecule has 0 aliphatic heterocycles. The summed E-state index contributed by atoms with van der Waals surface area (Å²) in [5, 5.41) is 18.8. The molecule has 22 heavy (non-hydrogen) atoms. The van der Waals surface area contributed by atoms with E-state index in [1.807, 2.05) is 0 Å². The maximum atomic E-state index is 11.2. The van der Waals surface area contributed by atoms with E-state index in [0.717, 1.165) is 0 Å². The highest BCUT2D eigenvalue weighted by Gasteiger charge is 2.14. The first-order chi connectivity index (χ1) is 10.4. The summed E-state index contributed by atoms with van der Waals surface area (Å²) in [6, 6.07) is 5.37. The minimum absolute atomic E-state index is 0.0242. The molecule has 0 fully saturated rings. The Labute approximate surface area is 124 Å². The van der Waals surface area contributed by atoms with Gasteiger partial charge in [-0.25, -0.2) is 4.79 Å². The lowest BCUT2D eigenvalue weighted by molar-refractivity contribution is -0.384. The molecule has 9 nitrogen and oxygen atoms in total. The number of esters is 1. The maximum absolute atomic E-state index is 11.2. The van der Waals surface area contributed by atoms with E-state index < -0.39 is 29.1 Å². The zero-order valence-electron chi connectivity index (χ0n) is 11.4. The predicted molar refractivity (Wildman–Crippen MR) is 71.4 cm³/mol. The van der Waals surface area contributed by atoms with Crippen molar-refractivity contribution in [3.05, 3.63) is 34.4 Å². The first kappa shape index (κ1) is 17.1. The largest absolute Gasteiger partial charge is 0.490 e. The highest BCUT2D eigenvalue weighted by Crippen LogP contribution is 2.17. The minimum Gasteiger partial charge on any atom is -0.490 e. The quantitative estimate of drug-likeness (QED) is 0.234. The zero-order chi connectivity index (χ0) is 16.5. The van der Waals surface area contributed by atoms with Gasteiger partial charge in [-0.3, -0.25) is 19.7 Å². The first-order valence-corrected chi connectivity index (χ1v) is 6.19. The van der Waals surface area contributed by atoms with Gasteiger partial charge in [-0.05, 0) is 12.1 Å². The standard InChI is InChI=1S/C13H13NO8/c15-11(13(17)18)5-6-12(16)22-8-7-21-10-3-1-9(2-4-10)14(19)20/h1-4H,5-8H2,(H,17,18). The minimum atomic E-state index is -1.59. The van der Waals surface area contributed by atoms with Crippen molar-refractivity contribution in [1.82, 2.24) is 0 Å². The Balaban J connectivity index is 2.22. The summed E-state index contributed by atoms with van der Waals surface area (Å²) in [7, 11) is 0. The van der Waals surface area contributed by atoms with Gasteiger partial charge in [0.25, 0.3) is 5.69 Å². The van der Waals surface area contributed by atoms with Crippen molar-refractivity contribution < 1.29 is 33.9 Å². The molecule has 0 unspecified atom stereocenters. The number of carbonyl (C=O) groups excluding carboxylic acids is 2. The number of carbonyl (C=O) groups is 3. The molecule has 0 spiro atoms.